The highest BCUT2D eigenvalue weighted by Crippen LogP contribution is 2.68. The molecule has 4 aliphatic rings. The molecule has 7 atom stereocenters. The van der Waals surface area contributed by atoms with Crippen LogP contribution in [0.4, 0.5) is 0 Å². The number of fused-ring (bicyclic) bond motifs is 9. The molecule has 6 rings (SSSR count). The second-order valence-corrected chi connectivity index (χ2v) is 11.8. The number of likely N-dealkylation sites (tertiary alicyclic amines) is 1. The van der Waals surface area contributed by atoms with E-state index >= 15 is 0 Å². The minimum Gasteiger partial charge on any atom is -0.481 e. The first-order chi connectivity index (χ1) is 15.9. The lowest BCUT2D eigenvalue weighted by atomic mass is 9.67. The number of imide groups is 1. The van der Waals surface area contributed by atoms with Crippen LogP contribution in [-0.2, 0) is 14.4 Å². The van der Waals surface area contributed by atoms with E-state index in [-0.39, 0.29) is 76.8 Å². The Morgan fingerprint density at radius 1 is 1.15 bits per heavy atom. The third-order valence-corrected chi connectivity index (χ3v) is 10.7. The fourth-order valence-electron chi connectivity index (χ4n) is 6.97. The average Bonchev–Trinajstić information content (AvgIpc) is 3.49. The number of hydrogen-bond acceptors (Lipinski definition) is 6. The van der Waals surface area contributed by atoms with Crippen LogP contribution in [0.1, 0.15) is 41.2 Å². The fraction of sp³-hybridized carbons (Fsp3) is 0.500. The van der Waals surface area contributed by atoms with Gasteiger partial charge in [-0.05, 0) is 48.6 Å². The molecule has 9 heteroatoms. The van der Waals surface area contributed by atoms with Crippen LogP contribution in [0.2, 0.25) is 0 Å². The largest absolute Gasteiger partial charge is 0.481 e. The van der Waals surface area contributed by atoms with Gasteiger partial charge in [0.25, 0.3) is 0 Å². The quantitative estimate of drug-likeness (QED) is 0.632. The van der Waals surface area contributed by atoms with E-state index in [2.05, 4.69) is 24.0 Å². The van der Waals surface area contributed by atoms with E-state index in [0.29, 0.717) is 0 Å². The molecule has 2 saturated carbocycles. The first-order valence-electron chi connectivity index (χ1n) is 11.4. The van der Waals surface area contributed by atoms with Crippen molar-refractivity contribution in [3.05, 3.63) is 49.9 Å². The normalized spacial score (nSPS) is 33.8. The molecule has 2 N–H and O–H groups in total. The zero-order valence-electron chi connectivity index (χ0n) is 18.0. The summed E-state index contributed by atoms with van der Waals surface area (Å²) in [6.45, 7) is 2.27. The smallest absolute Gasteiger partial charge is 0.305 e. The molecule has 0 unspecified atom stereocenters. The number of hydrogen-bond donors (Lipinski definition) is 2. The summed E-state index contributed by atoms with van der Waals surface area (Å²) in [5.74, 6) is -1.39. The van der Waals surface area contributed by atoms with Crippen LogP contribution < -0.4 is 4.87 Å². The Balaban J connectivity index is 1.39. The first kappa shape index (κ1) is 21.2. The lowest BCUT2D eigenvalue weighted by Crippen LogP contribution is -2.42. The van der Waals surface area contributed by atoms with Crippen molar-refractivity contribution in [3.63, 3.8) is 0 Å². The number of amides is 2. The van der Waals surface area contributed by atoms with Crippen LogP contribution in [0.5, 0.6) is 0 Å². The predicted octanol–water partition coefficient (Wildman–Crippen LogP) is 3.08. The Morgan fingerprint density at radius 2 is 1.88 bits per heavy atom. The molecule has 3 heterocycles. The monoisotopic (exact) mass is 484 g/mol. The Bertz CT molecular complexity index is 1240. The molecule has 172 valence electrons. The second kappa shape index (κ2) is 7.56. The van der Waals surface area contributed by atoms with Gasteiger partial charge in [0.1, 0.15) is 0 Å². The lowest BCUT2D eigenvalue weighted by Gasteiger charge is -2.43. The van der Waals surface area contributed by atoms with Crippen molar-refractivity contribution in [2.75, 3.05) is 6.54 Å². The zero-order chi connectivity index (χ0) is 23.0. The van der Waals surface area contributed by atoms with Gasteiger partial charge in [-0.25, -0.2) is 0 Å². The highest BCUT2D eigenvalue weighted by molar-refractivity contribution is 8.00. The molecule has 0 spiro atoms. The highest BCUT2D eigenvalue weighted by Gasteiger charge is 2.69. The molecule has 1 aromatic heterocycles. The van der Waals surface area contributed by atoms with Crippen LogP contribution in [-0.4, -0.2) is 44.6 Å². The summed E-state index contributed by atoms with van der Waals surface area (Å²) in [4.78, 5) is 55.2. The molecule has 2 aliphatic heterocycles. The van der Waals surface area contributed by atoms with E-state index in [9.17, 15) is 19.2 Å². The van der Waals surface area contributed by atoms with Crippen LogP contribution >= 0.6 is 23.1 Å². The standard InChI is InChI=1S/C24H24N2O5S2/c1-10-5-2-3-6-11(10)15-16-12-9-13(19(16)32-21-20(15)33-24(31)25-21)18-17(12)22(29)26(23(18)30)8-4-7-14(27)28/h2-3,5-6,12-13,15-19H,4,7-9H2,1H3,(H,25,31)(H,27,28)/t12-,13-,15-,16+,17-,18-,19+/m1/s1. The molecule has 2 bridgehead atoms. The topological polar surface area (TPSA) is 108 Å². The van der Waals surface area contributed by atoms with Crippen molar-refractivity contribution in [1.82, 2.24) is 9.88 Å². The Labute approximate surface area is 198 Å². The van der Waals surface area contributed by atoms with E-state index < -0.39 is 5.97 Å². The summed E-state index contributed by atoms with van der Waals surface area (Å²) >= 11 is 2.96. The predicted molar refractivity (Wildman–Crippen MR) is 123 cm³/mol. The van der Waals surface area contributed by atoms with Crippen LogP contribution in [0.3, 0.4) is 0 Å². The van der Waals surface area contributed by atoms with E-state index in [4.69, 9.17) is 5.11 Å². The number of benzene rings is 1. The van der Waals surface area contributed by atoms with E-state index in [1.807, 2.05) is 12.1 Å². The van der Waals surface area contributed by atoms with Gasteiger partial charge in [-0.1, -0.05) is 35.6 Å². The number of aliphatic carboxylic acids is 1. The van der Waals surface area contributed by atoms with E-state index in [1.54, 1.807) is 11.8 Å². The van der Waals surface area contributed by atoms with Crippen molar-refractivity contribution in [1.29, 1.82) is 0 Å². The van der Waals surface area contributed by atoms with Gasteiger partial charge in [0.05, 0.1) is 16.9 Å². The van der Waals surface area contributed by atoms with Crippen molar-refractivity contribution >= 4 is 40.9 Å². The van der Waals surface area contributed by atoms with Gasteiger partial charge in [0, 0.05) is 29.0 Å². The lowest BCUT2D eigenvalue weighted by molar-refractivity contribution is -0.142. The molecule has 2 aliphatic carbocycles. The minimum atomic E-state index is -0.919. The van der Waals surface area contributed by atoms with Crippen molar-refractivity contribution in [2.45, 2.75) is 42.4 Å². The number of thiazole rings is 1. The van der Waals surface area contributed by atoms with Crippen LogP contribution in [0.15, 0.2) is 34.1 Å². The number of carboxylic acids is 1. The van der Waals surface area contributed by atoms with Gasteiger partial charge in [-0.2, -0.15) is 0 Å². The maximum atomic E-state index is 13.4. The average molecular weight is 485 g/mol. The van der Waals surface area contributed by atoms with Gasteiger partial charge >= 0.3 is 10.8 Å². The summed E-state index contributed by atoms with van der Waals surface area (Å²) in [6, 6.07) is 8.26. The third kappa shape index (κ3) is 3.01. The summed E-state index contributed by atoms with van der Waals surface area (Å²) in [7, 11) is 0. The minimum absolute atomic E-state index is 0.0383. The molecular formula is C24H24N2O5S2. The Morgan fingerprint density at radius 3 is 2.61 bits per heavy atom. The van der Waals surface area contributed by atoms with Gasteiger partial charge in [-0.3, -0.25) is 24.1 Å². The summed E-state index contributed by atoms with van der Waals surface area (Å²) in [6.07, 6.45) is 1.09. The number of aryl methyl sites for hydroxylation is 1. The van der Waals surface area contributed by atoms with E-state index in [1.165, 1.54) is 27.4 Å². The molecule has 3 fully saturated rings. The molecule has 1 aromatic carbocycles. The number of rotatable bonds is 5. The molecule has 33 heavy (non-hydrogen) atoms. The molecule has 2 amide bonds. The molecule has 0 radical (unpaired) electrons. The number of aromatic amines is 1. The SMILES string of the molecule is Cc1ccccc1[C@H]1c2sc(=O)[nH]c2S[C@H]2[C@@H]3C[C@@H]([C@H]4C(=O)N(CCCC(=O)O)C(=O)[C@H]34)[C@@H]12. The number of nitrogens with one attached hydrogen (secondary N) is 1. The summed E-state index contributed by atoms with van der Waals surface area (Å²) in [5, 5.41) is 10.0. The number of thioether (sulfide) groups is 1. The fourth-order valence-corrected chi connectivity index (χ4v) is 9.85. The van der Waals surface area contributed by atoms with Gasteiger partial charge < -0.3 is 10.1 Å². The number of carbonyl (C=O) groups excluding carboxylic acids is 2. The Hall–Kier alpha value is -2.39. The van der Waals surface area contributed by atoms with Crippen LogP contribution in [0, 0.1) is 36.5 Å². The van der Waals surface area contributed by atoms with Crippen molar-refractivity contribution < 1.29 is 19.5 Å². The van der Waals surface area contributed by atoms with Crippen LogP contribution in [0.25, 0.3) is 0 Å². The number of H-pyrrole nitrogens is 1. The molecule has 2 aromatic rings. The van der Waals surface area contributed by atoms with Gasteiger partial charge in [0.2, 0.25) is 11.8 Å². The third-order valence-electron chi connectivity index (χ3n) is 8.11. The summed E-state index contributed by atoms with van der Waals surface area (Å²) < 4.78 is 0. The van der Waals surface area contributed by atoms with E-state index in [0.717, 1.165) is 16.3 Å². The molecule has 7 nitrogen and oxygen atoms in total. The summed E-state index contributed by atoms with van der Waals surface area (Å²) in [5.41, 5.74) is 2.37. The van der Waals surface area contributed by atoms with Gasteiger partial charge in [0.15, 0.2) is 0 Å². The second-order valence-electron chi connectivity index (χ2n) is 9.64. The maximum absolute atomic E-state index is 13.4. The maximum Gasteiger partial charge on any atom is 0.305 e. The zero-order valence-corrected chi connectivity index (χ0v) is 19.7. The molecule has 1 saturated heterocycles. The molecular weight excluding hydrogens is 460 g/mol. The number of aromatic nitrogens is 1. The highest BCUT2D eigenvalue weighted by atomic mass is 32.2. The number of nitrogens with zero attached hydrogens (tertiary/aromatic N) is 1. The number of carbonyl (C=O) groups is 3. The van der Waals surface area contributed by atoms with Crippen molar-refractivity contribution in [2.24, 2.45) is 29.6 Å². The number of carboxylic acid groups (broad SMARTS) is 1. The Kier molecular flexibility index (Phi) is 4.85. The first-order valence-corrected chi connectivity index (χ1v) is 13.1. The van der Waals surface area contributed by atoms with Gasteiger partial charge in [-0.15, -0.1) is 11.8 Å². The van der Waals surface area contributed by atoms with Crippen molar-refractivity contribution in [3.8, 4) is 0 Å².